The summed E-state index contributed by atoms with van der Waals surface area (Å²) in [7, 11) is -3.45. The Bertz CT molecular complexity index is 569. The molecule has 2 rings (SSSR count). The Morgan fingerprint density at radius 1 is 1.00 bits per heavy atom. The summed E-state index contributed by atoms with van der Waals surface area (Å²) >= 11 is 0. The van der Waals surface area contributed by atoms with Gasteiger partial charge in [-0.25, -0.2) is 0 Å². The van der Waals surface area contributed by atoms with E-state index >= 15 is 0 Å². The smallest absolute Gasteiger partial charge is 0.282 e. The minimum absolute atomic E-state index is 0.0496. The Morgan fingerprint density at radius 3 is 2.24 bits per heavy atom. The lowest BCUT2D eigenvalue weighted by Crippen LogP contribution is -2.55. The maximum Gasteiger partial charge on any atom is 0.282 e. The molecule has 25 heavy (non-hydrogen) atoms. The van der Waals surface area contributed by atoms with E-state index in [9.17, 15) is 18.0 Å². The van der Waals surface area contributed by atoms with Crippen molar-refractivity contribution in [1.82, 2.24) is 18.4 Å². The molecule has 2 aliphatic heterocycles. The van der Waals surface area contributed by atoms with E-state index in [1.165, 1.54) is 8.61 Å². The molecule has 0 aromatic rings. The molecule has 0 aliphatic carbocycles. The quantitative estimate of drug-likeness (QED) is 0.661. The first kappa shape index (κ1) is 20.1. The second-order valence-electron chi connectivity index (χ2n) is 6.50. The van der Waals surface area contributed by atoms with Crippen LogP contribution in [0.25, 0.3) is 0 Å². The normalized spacial score (nSPS) is 20.8. The lowest BCUT2D eigenvalue weighted by molar-refractivity contribution is -0.140. The molecule has 2 aliphatic rings. The number of amides is 2. The molecule has 0 radical (unpaired) electrons. The molecule has 0 atom stereocenters. The summed E-state index contributed by atoms with van der Waals surface area (Å²) in [4.78, 5) is 27.8. The maximum atomic E-state index is 12.5. The molecule has 144 valence electrons. The van der Waals surface area contributed by atoms with Crippen molar-refractivity contribution >= 4 is 22.0 Å². The number of likely N-dealkylation sites (tertiary alicyclic amines) is 1. The molecule has 2 heterocycles. The van der Waals surface area contributed by atoms with E-state index in [1.807, 2.05) is 13.8 Å². The van der Waals surface area contributed by atoms with Gasteiger partial charge in [-0.15, -0.1) is 0 Å². The molecular formula is C16H30N4O4S. The van der Waals surface area contributed by atoms with E-state index in [-0.39, 0.29) is 18.4 Å². The average molecular weight is 375 g/mol. The minimum atomic E-state index is -3.45. The summed E-state index contributed by atoms with van der Waals surface area (Å²) in [6.45, 7) is 6.63. The molecule has 0 N–H and O–H groups in total. The maximum absolute atomic E-state index is 12.5. The van der Waals surface area contributed by atoms with Crippen molar-refractivity contribution in [3.63, 3.8) is 0 Å². The van der Waals surface area contributed by atoms with Crippen LogP contribution in [0, 0.1) is 0 Å². The Balaban J connectivity index is 1.88. The highest BCUT2D eigenvalue weighted by atomic mass is 32.2. The van der Waals surface area contributed by atoms with E-state index in [2.05, 4.69) is 0 Å². The molecule has 0 saturated carbocycles. The highest BCUT2D eigenvalue weighted by Gasteiger charge is 2.32. The summed E-state index contributed by atoms with van der Waals surface area (Å²) in [5, 5.41) is 0. The molecule has 2 amide bonds. The average Bonchev–Trinajstić information content (AvgIpc) is 2.80. The predicted molar refractivity (Wildman–Crippen MR) is 95.0 cm³/mol. The Labute approximate surface area is 150 Å². The SMILES string of the molecule is CCN(CC)S(=O)(=O)N1CCN(C(=O)CN2CCCCCC2=O)CC1. The summed E-state index contributed by atoms with van der Waals surface area (Å²) in [6.07, 6.45) is 3.38. The van der Waals surface area contributed by atoms with Gasteiger partial charge in [0.2, 0.25) is 11.8 Å². The van der Waals surface area contributed by atoms with Crippen molar-refractivity contribution in [2.24, 2.45) is 0 Å². The fraction of sp³-hybridized carbons (Fsp3) is 0.875. The highest BCUT2D eigenvalue weighted by molar-refractivity contribution is 7.86. The van der Waals surface area contributed by atoms with Crippen LogP contribution >= 0.6 is 0 Å². The van der Waals surface area contributed by atoms with E-state index in [1.54, 1.807) is 9.80 Å². The van der Waals surface area contributed by atoms with Gasteiger partial charge in [-0.05, 0) is 12.8 Å². The van der Waals surface area contributed by atoms with E-state index in [0.29, 0.717) is 52.2 Å². The third-order valence-corrected chi connectivity index (χ3v) is 7.13. The van der Waals surface area contributed by atoms with Crippen LogP contribution in [-0.4, -0.2) is 91.0 Å². The monoisotopic (exact) mass is 374 g/mol. The van der Waals surface area contributed by atoms with E-state index in [0.717, 1.165) is 19.3 Å². The molecular weight excluding hydrogens is 344 g/mol. The lowest BCUT2D eigenvalue weighted by Gasteiger charge is -2.37. The van der Waals surface area contributed by atoms with Crippen molar-refractivity contribution in [1.29, 1.82) is 0 Å². The van der Waals surface area contributed by atoms with Crippen molar-refractivity contribution in [2.75, 3.05) is 52.4 Å². The van der Waals surface area contributed by atoms with Crippen molar-refractivity contribution in [3.8, 4) is 0 Å². The number of carbonyl (C=O) groups is 2. The van der Waals surface area contributed by atoms with Gasteiger partial charge in [-0.1, -0.05) is 20.3 Å². The first-order chi connectivity index (χ1) is 11.9. The number of nitrogens with zero attached hydrogens (tertiary/aromatic N) is 4. The molecule has 0 unspecified atom stereocenters. The van der Waals surface area contributed by atoms with E-state index < -0.39 is 10.2 Å². The number of hydrogen-bond acceptors (Lipinski definition) is 4. The second kappa shape index (κ2) is 8.95. The first-order valence-electron chi connectivity index (χ1n) is 9.21. The molecule has 0 bridgehead atoms. The van der Waals surface area contributed by atoms with Crippen LogP contribution < -0.4 is 0 Å². The topological polar surface area (TPSA) is 81.2 Å². The third-order valence-electron chi connectivity index (χ3n) is 4.95. The van der Waals surface area contributed by atoms with Gasteiger partial charge in [0.25, 0.3) is 10.2 Å². The molecule has 2 saturated heterocycles. The van der Waals surface area contributed by atoms with Crippen molar-refractivity contribution < 1.29 is 18.0 Å². The van der Waals surface area contributed by atoms with Gasteiger partial charge in [-0.3, -0.25) is 9.59 Å². The van der Waals surface area contributed by atoms with Gasteiger partial charge < -0.3 is 9.80 Å². The van der Waals surface area contributed by atoms with Gasteiger partial charge in [0, 0.05) is 52.2 Å². The molecule has 0 aromatic heterocycles. The van der Waals surface area contributed by atoms with Gasteiger partial charge in [-0.2, -0.15) is 17.0 Å². The fourth-order valence-electron chi connectivity index (χ4n) is 3.35. The Kier molecular flexibility index (Phi) is 7.21. The Morgan fingerprint density at radius 2 is 1.64 bits per heavy atom. The van der Waals surface area contributed by atoms with Crippen LogP contribution in [0.5, 0.6) is 0 Å². The van der Waals surface area contributed by atoms with Gasteiger partial charge in [0.15, 0.2) is 0 Å². The molecule has 0 aromatic carbocycles. The fourth-order valence-corrected chi connectivity index (χ4v) is 4.95. The lowest BCUT2D eigenvalue weighted by atomic mass is 10.2. The van der Waals surface area contributed by atoms with Crippen LogP contribution in [-0.2, 0) is 19.8 Å². The number of rotatable bonds is 6. The first-order valence-corrected chi connectivity index (χ1v) is 10.6. The summed E-state index contributed by atoms with van der Waals surface area (Å²) in [6, 6.07) is 0. The number of piperazine rings is 1. The summed E-state index contributed by atoms with van der Waals surface area (Å²) in [5.74, 6) is -0.0382. The van der Waals surface area contributed by atoms with Crippen LogP contribution in [0.2, 0.25) is 0 Å². The summed E-state index contributed by atoms with van der Waals surface area (Å²) in [5.41, 5.74) is 0. The zero-order valence-electron chi connectivity index (χ0n) is 15.3. The summed E-state index contributed by atoms with van der Waals surface area (Å²) < 4.78 is 27.9. The van der Waals surface area contributed by atoms with Crippen LogP contribution in [0.3, 0.4) is 0 Å². The van der Waals surface area contributed by atoms with Crippen LogP contribution in [0.15, 0.2) is 0 Å². The zero-order valence-corrected chi connectivity index (χ0v) is 16.1. The molecule has 2 fully saturated rings. The van der Waals surface area contributed by atoms with Crippen molar-refractivity contribution in [2.45, 2.75) is 39.5 Å². The van der Waals surface area contributed by atoms with Crippen molar-refractivity contribution in [3.05, 3.63) is 0 Å². The van der Waals surface area contributed by atoms with E-state index in [4.69, 9.17) is 0 Å². The largest absolute Gasteiger partial charge is 0.339 e. The number of carbonyl (C=O) groups excluding carboxylic acids is 2. The standard InChI is InChI=1S/C16H30N4O4S/c1-3-19(4-2)25(23,24)20-12-10-17(11-13-20)16(22)14-18-9-7-5-6-8-15(18)21/h3-14H2,1-2H3. The highest BCUT2D eigenvalue weighted by Crippen LogP contribution is 2.14. The zero-order chi connectivity index (χ0) is 18.4. The minimum Gasteiger partial charge on any atom is -0.339 e. The predicted octanol–water partition coefficient (Wildman–Crippen LogP) is 0.120. The van der Waals surface area contributed by atoms with Gasteiger partial charge in [0.05, 0.1) is 6.54 Å². The van der Waals surface area contributed by atoms with Gasteiger partial charge >= 0.3 is 0 Å². The Hall–Kier alpha value is -1.19. The number of hydrogen-bond donors (Lipinski definition) is 0. The molecule has 8 nitrogen and oxygen atoms in total. The van der Waals surface area contributed by atoms with Crippen LogP contribution in [0.4, 0.5) is 0 Å². The molecule has 0 spiro atoms. The second-order valence-corrected chi connectivity index (χ2v) is 8.43. The van der Waals surface area contributed by atoms with Crippen LogP contribution in [0.1, 0.15) is 39.5 Å². The molecule has 9 heteroatoms. The third kappa shape index (κ3) is 4.92. The van der Waals surface area contributed by atoms with Gasteiger partial charge in [0.1, 0.15) is 0 Å².